The summed E-state index contributed by atoms with van der Waals surface area (Å²) in [6, 6.07) is 16.3. The first-order chi connectivity index (χ1) is 12.8. The molecule has 0 radical (unpaired) electrons. The van der Waals surface area contributed by atoms with E-state index in [9.17, 15) is 0 Å². The Bertz CT molecular complexity index is 690. The molecule has 1 unspecified atom stereocenters. The SMILES string of the molecule is CN=C(NCC(OC)c1ccccc1)N1CCN(c2ccccn2)CC1.I. The Kier molecular flexibility index (Phi) is 8.80. The van der Waals surface area contributed by atoms with Gasteiger partial charge in [0.2, 0.25) is 0 Å². The van der Waals surface area contributed by atoms with Crippen molar-refractivity contribution in [3.63, 3.8) is 0 Å². The van der Waals surface area contributed by atoms with Crippen LogP contribution in [0.1, 0.15) is 11.7 Å². The fourth-order valence-corrected chi connectivity index (χ4v) is 3.21. The maximum absolute atomic E-state index is 5.64. The summed E-state index contributed by atoms with van der Waals surface area (Å²) in [6.07, 6.45) is 1.85. The zero-order valence-corrected chi connectivity index (χ0v) is 18.2. The van der Waals surface area contributed by atoms with Crippen molar-refractivity contribution in [2.45, 2.75) is 6.10 Å². The quantitative estimate of drug-likeness (QED) is 0.405. The van der Waals surface area contributed by atoms with E-state index in [1.54, 1.807) is 7.11 Å². The molecule has 0 spiro atoms. The number of nitrogens with one attached hydrogen (secondary N) is 1. The third kappa shape index (κ3) is 5.80. The molecular formula is C20H28IN5O. The van der Waals surface area contributed by atoms with Gasteiger partial charge in [0.15, 0.2) is 5.96 Å². The van der Waals surface area contributed by atoms with E-state index in [0.29, 0.717) is 6.54 Å². The number of aromatic nitrogens is 1. The number of methoxy groups -OCH3 is 1. The Morgan fingerprint density at radius 3 is 2.41 bits per heavy atom. The van der Waals surface area contributed by atoms with Crippen LogP contribution in [-0.4, -0.2) is 62.7 Å². The number of halogens is 1. The molecule has 146 valence electrons. The van der Waals surface area contributed by atoms with Crippen LogP contribution in [0.5, 0.6) is 0 Å². The molecule has 6 nitrogen and oxygen atoms in total. The molecule has 2 aromatic rings. The van der Waals surface area contributed by atoms with Crippen LogP contribution in [-0.2, 0) is 4.74 Å². The number of piperazine rings is 1. The van der Waals surface area contributed by atoms with E-state index in [4.69, 9.17) is 4.74 Å². The van der Waals surface area contributed by atoms with Gasteiger partial charge in [-0.2, -0.15) is 0 Å². The zero-order valence-electron chi connectivity index (χ0n) is 15.9. The van der Waals surface area contributed by atoms with Crippen molar-refractivity contribution in [2.75, 3.05) is 51.8 Å². The number of anilines is 1. The highest BCUT2D eigenvalue weighted by molar-refractivity contribution is 14.0. The number of guanidine groups is 1. The minimum Gasteiger partial charge on any atom is -0.375 e. The van der Waals surface area contributed by atoms with Crippen molar-refractivity contribution >= 4 is 35.8 Å². The third-order valence-corrected chi connectivity index (χ3v) is 4.67. The molecule has 1 aromatic heterocycles. The summed E-state index contributed by atoms with van der Waals surface area (Å²) < 4.78 is 5.64. The van der Waals surface area contributed by atoms with E-state index in [-0.39, 0.29) is 30.1 Å². The molecule has 3 rings (SSSR count). The lowest BCUT2D eigenvalue weighted by atomic mass is 10.1. The fraction of sp³-hybridized carbons (Fsp3) is 0.400. The second kappa shape index (κ2) is 11.1. The minimum atomic E-state index is 0. The molecule has 1 aromatic carbocycles. The van der Waals surface area contributed by atoms with E-state index in [1.165, 1.54) is 0 Å². The van der Waals surface area contributed by atoms with Crippen LogP contribution in [0.15, 0.2) is 59.7 Å². The predicted molar refractivity (Wildman–Crippen MR) is 121 cm³/mol. The predicted octanol–water partition coefficient (Wildman–Crippen LogP) is 2.78. The van der Waals surface area contributed by atoms with Crippen LogP contribution < -0.4 is 10.2 Å². The Morgan fingerprint density at radius 2 is 1.81 bits per heavy atom. The monoisotopic (exact) mass is 481 g/mol. The average Bonchev–Trinajstić information content (AvgIpc) is 2.73. The highest BCUT2D eigenvalue weighted by atomic mass is 127. The molecule has 7 heteroatoms. The molecule has 1 atom stereocenters. The maximum Gasteiger partial charge on any atom is 0.193 e. The van der Waals surface area contributed by atoms with Crippen molar-refractivity contribution in [1.29, 1.82) is 0 Å². The summed E-state index contributed by atoms with van der Waals surface area (Å²) in [5.41, 5.74) is 1.16. The van der Waals surface area contributed by atoms with Crippen molar-refractivity contribution in [3.05, 3.63) is 60.3 Å². The van der Waals surface area contributed by atoms with Gasteiger partial charge < -0.3 is 19.9 Å². The second-order valence-electron chi connectivity index (χ2n) is 6.23. The van der Waals surface area contributed by atoms with Crippen LogP contribution in [0.25, 0.3) is 0 Å². The second-order valence-corrected chi connectivity index (χ2v) is 6.23. The number of rotatable bonds is 5. The van der Waals surface area contributed by atoms with Crippen molar-refractivity contribution < 1.29 is 4.74 Å². The lowest BCUT2D eigenvalue weighted by Gasteiger charge is -2.37. The first-order valence-corrected chi connectivity index (χ1v) is 9.01. The Balaban J connectivity index is 0.00000261. The summed E-state index contributed by atoms with van der Waals surface area (Å²) in [7, 11) is 3.57. The molecule has 27 heavy (non-hydrogen) atoms. The lowest BCUT2D eigenvalue weighted by molar-refractivity contribution is 0.105. The number of ether oxygens (including phenoxy) is 1. The molecule has 1 saturated heterocycles. The Labute approximate surface area is 178 Å². The lowest BCUT2D eigenvalue weighted by Crippen LogP contribution is -2.53. The van der Waals surface area contributed by atoms with Gasteiger partial charge in [0.1, 0.15) is 5.82 Å². The summed E-state index contributed by atoms with van der Waals surface area (Å²) in [5.74, 6) is 1.96. The number of pyridine rings is 1. The molecule has 2 heterocycles. The fourth-order valence-electron chi connectivity index (χ4n) is 3.21. The molecule has 1 aliphatic rings. The smallest absolute Gasteiger partial charge is 0.193 e. The molecule has 0 saturated carbocycles. The number of aliphatic imine (C=N–C) groups is 1. The van der Waals surface area contributed by atoms with Gasteiger partial charge in [-0.05, 0) is 17.7 Å². The van der Waals surface area contributed by atoms with Crippen LogP contribution in [0.3, 0.4) is 0 Å². The van der Waals surface area contributed by atoms with Crippen LogP contribution >= 0.6 is 24.0 Å². The van der Waals surface area contributed by atoms with Gasteiger partial charge in [-0.15, -0.1) is 24.0 Å². The normalized spacial score (nSPS) is 15.9. The highest BCUT2D eigenvalue weighted by Gasteiger charge is 2.21. The molecular weight excluding hydrogens is 453 g/mol. The van der Waals surface area contributed by atoms with Gasteiger partial charge in [-0.3, -0.25) is 4.99 Å². The third-order valence-electron chi connectivity index (χ3n) is 4.67. The van der Waals surface area contributed by atoms with Gasteiger partial charge in [0.05, 0.1) is 6.10 Å². The van der Waals surface area contributed by atoms with E-state index < -0.39 is 0 Å². The summed E-state index contributed by atoms with van der Waals surface area (Å²) in [6.45, 7) is 4.39. The van der Waals surface area contributed by atoms with Gasteiger partial charge >= 0.3 is 0 Å². The number of hydrogen-bond acceptors (Lipinski definition) is 4. The van der Waals surface area contributed by atoms with E-state index in [1.807, 2.05) is 43.6 Å². The van der Waals surface area contributed by atoms with Crippen molar-refractivity contribution in [2.24, 2.45) is 4.99 Å². The number of nitrogens with zero attached hydrogens (tertiary/aromatic N) is 4. The summed E-state index contributed by atoms with van der Waals surface area (Å²) in [5, 5.41) is 3.46. The van der Waals surface area contributed by atoms with Crippen LogP contribution in [0.2, 0.25) is 0 Å². The number of benzene rings is 1. The zero-order chi connectivity index (χ0) is 18.2. The maximum atomic E-state index is 5.64. The molecule has 1 aliphatic heterocycles. The van der Waals surface area contributed by atoms with E-state index in [0.717, 1.165) is 43.5 Å². The largest absolute Gasteiger partial charge is 0.375 e. The van der Waals surface area contributed by atoms with E-state index in [2.05, 4.69) is 43.3 Å². The summed E-state index contributed by atoms with van der Waals surface area (Å²) in [4.78, 5) is 13.5. The van der Waals surface area contributed by atoms with Crippen molar-refractivity contribution in [1.82, 2.24) is 15.2 Å². The van der Waals surface area contributed by atoms with Gasteiger partial charge in [-0.25, -0.2) is 4.98 Å². The Hall–Kier alpha value is -1.87. The van der Waals surface area contributed by atoms with Crippen LogP contribution in [0, 0.1) is 0 Å². The minimum absolute atomic E-state index is 0. The topological polar surface area (TPSA) is 53.0 Å². The van der Waals surface area contributed by atoms with E-state index >= 15 is 0 Å². The molecule has 0 amide bonds. The van der Waals surface area contributed by atoms with Gasteiger partial charge in [0.25, 0.3) is 0 Å². The standard InChI is InChI=1S/C20H27N5O.HI/c1-21-20(23-16-18(26-2)17-8-4-3-5-9-17)25-14-12-24(13-15-25)19-10-6-7-11-22-19;/h3-11,18H,12-16H2,1-2H3,(H,21,23);1H. The number of hydrogen-bond donors (Lipinski definition) is 1. The molecule has 0 aliphatic carbocycles. The Morgan fingerprint density at radius 1 is 1.11 bits per heavy atom. The van der Waals surface area contributed by atoms with Gasteiger partial charge in [-0.1, -0.05) is 36.4 Å². The van der Waals surface area contributed by atoms with Crippen molar-refractivity contribution in [3.8, 4) is 0 Å². The molecule has 1 fully saturated rings. The molecule has 0 bridgehead atoms. The average molecular weight is 481 g/mol. The van der Waals surface area contributed by atoms with Gasteiger partial charge in [0, 0.05) is 53.1 Å². The first-order valence-electron chi connectivity index (χ1n) is 9.01. The highest BCUT2D eigenvalue weighted by Crippen LogP contribution is 2.16. The van der Waals surface area contributed by atoms with Crippen LogP contribution in [0.4, 0.5) is 5.82 Å². The first kappa shape index (κ1) is 21.4. The molecule has 1 N–H and O–H groups in total. The summed E-state index contributed by atoms with van der Waals surface area (Å²) >= 11 is 0.